The number of quaternary nitrogens is 1. The third-order valence-corrected chi connectivity index (χ3v) is 11.5. The van der Waals surface area contributed by atoms with Gasteiger partial charge in [-0.2, -0.15) is 0 Å². The van der Waals surface area contributed by atoms with Crippen LogP contribution in [0.15, 0.2) is 53.7 Å². The standard InChI is InChI=1S/C41H56BF2N7O9S/c1-29-25-32(48-34(29)27-36-31(15-12-24-51(3,4)5)26-35(49(36)42(48,43)44)30-13-8-6-9-14-30)17-18-37(52)46-33(28-61(57,58)59)41(56)45-21-23-47(2)22-11-7-10-16-40(55)60-50-38(53)19-20-39(50)54/h6,8-9,13-14,25-27,33H,7,10-12,15-24,28H2,1-5H3,(H2-,45,46,52,56,57,58,59). The Balaban J connectivity index is 1.16. The van der Waals surface area contributed by atoms with Crippen molar-refractivity contribution in [3.63, 3.8) is 0 Å². The van der Waals surface area contributed by atoms with Crippen molar-refractivity contribution in [3.8, 4) is 0 Å². The second kappa shape index (κ2) is 19.8. The summed E-state index contributed by atoms with van der Waals surface area (Å²) in [5, 5.41) is 5.39. The fraction of sp³-hybridized carbons (Fsp3) is 0.512. The molecule has 0 saturated carbocycles. The average Bonchev–Trinajstić information content (AvgIpc) is 3.82. The minimum Gasteiger partial charge on any atom is -0.748 e. The Labute approximate surface area is 355 Å². The number of hydrogen-bond acceptors (Lipinski definition) is 10. The van der Waals surface area contributed by atoms with Crippen molar-refractivity contribution >= 4 is 58.5 Å². The largest absolute Gasteiger partial charge is 0.748 e. The molecular formula is C41H56BF2N7O9S. The third-order valence-electron chi connectivity index (χ3n) is 10.8. The van der Waals surface area contributed by atoms with Crippen molar-refractivity contribution in [2.45, 2.75) is 77.2 Å². The zero-order valence-corrected chi connectivity index (χ0v) is 36.3. The molecule has 0 spiro atoms. The molecule has 1 atom stereocenters. The number of hydrogen-bond donors (Lipinski definition) is 2. The normalized spacial score (nSPS) is 16.6. The smallest absolute Gasteiger partial charge is 0.737 e. The molecule has 0 aliphatic carbocycles. The number of rotatable bonds is 22. The van der Waals surface area contributed by atoms with Gasteiger partial charge in [0, 0.05) is 74.2 Å². The molecule has 0 radical (unpaired) electrons. The zero-order chi connectivity index (χ0) is 44.7. The van der Waals surface area contributed by atoms with E-state index in [1.54, 1.807) is 50.4 Å². The van der Waals surface area contributed by atoms with E-state index in [0.717, 1.165) is 32.0 Å². The van der Waals surface area contributed by atoms with E-state index >= 15 is 8.63 Å². The van der Waals surface area contributed by atoms with Gasteiger partial charge in [-0.05, 0) is 75.7 Å². The van der Waals surface area contributed by atoms with Crippen LogP contribution < -0.4 is 10.6 Å². The van der Waals surface area contributed by atoms with Gasteiger partial charge in [0.1, 0.15) is 6.04 Å². The van der Waals surface area contributed by atoms with Gasteiger partial charge in [0.25, 0.3) is 11.8 Å². The van der Waals surface area contributed by atoms with Crippen molar-refractivity contribution in [1.29, 1.82) is 0 Å². The first kappa shape index (κ1) is 47.0. The molecule has 4 amide bonds. The second-order valence-electron chi connectivity index (χ2n) is 16.9. The van der Waals surface area contributed by atoms with Gasteiger partial charge in [-0.15, -0.1) is 5.06 Å². The van der Waals surface area contributed by atoms with Crippen LogP contribution >= 0.6 is 0 Å². The van der Waals surface area contributed by atoms with Gasteiger partial charge in [-0.3, -0.25) is 19.2 Å². The Morgan fingerprint density at radius 1 is 0.984 bits per heavy atom. The van der Waals surface area contributed by atoms with Gasteiger partial charge in [-0.1, -0.05) is 24.6 Å². The van der Waals surface area contributed by atoms with Crippen LogP contribution in [0.25, 0.3) is 6.08 Å². The van der Waals surface area contributed by atoms with Crippen molar-refractivity contribution in [2.24, 2.45) is 0 Å². The number of aryl methyl sites for hydroxylation is 2. The fourth-order valence-corrected chi connectivity index (χ4v) is 8.37. The quantitative estimate of drug-likeness (QED) is 0.0585. The highest BCUT2D eigenvalue weighted by molar-refractivity contribution is 7.85. The molecule has 4 heterocycles. The third kappa shape index (κ3) is 12.5. The summed E-state index contributed by atoms with van der Waals surface area (Å²) in [5.74, 6) is -4.65. The summed E-state index contributed by atoms with van der Waals surface area (Å²) in [5.41, 5.74) is 3.38. The maximum Gasteiger partial charge on any atom is 0.737 e. The number of nitrogens with one attached hydrogen (secondary N) is 2. The van der Waals surface area contributed by atoms with E-state index < -0.39 is 58.5 Å². The first-order valence-electron chi connectivity index (χ1n) is 20.6. The van der Waals surface area contributed by atoms with Crippen molar-refractivity contribution in [3.05, 3.63) is 76.3 Å². The minimum atomic E-state index is -4.96. The van der Waals surface area contributed by atoms with Gasteiger partial charge in [0.15, 0.2) is 11.4 Å². The lowest BCUT2D eigenvalue weighted by Crippen LogP contribution is -2.52. The summed E-state index contributed by atoms with van der Waals surface area (Å²) in [6.45, 7) is -0.899. The van der Waals surface area contributed by atoms with Crippen LogP contribution in [-0.2, 0) is 45.3 Å². The van der Waals surface area contributed by atoms with Crippen molar-refractivity contribution in [1.82, 2.24) is 25.1 Å². The summed E-state index contributed by atoms with van der Waals surface area (Å²) in [4.78, 5) is 68.2. The van der Waals surface area contributed by atoms with Crippen LogP contribution in [0.4, 0.5) is 8.63 Å². The molecule has 0 bridgehead atoms. The summed E-state index contributed by atoms with van der Waals surface area (Å²) < 4.78 is 72.1. The second-order valence-corrected chi connectivity index (χ2v) is 18.3. The molecule has 16 nitrogen and oxygen atoms in total. The molecule has 1 aromatic carbocycles. The Bertz CT molecular complexity index is 2200. The molecule has 1 saturated heterocycles. The van der Waals surface area contributed by atoms with Gasteiger partial charge < -0.3 is 47.0 Å². The lowest BCUT2D eigenvalue weighted by molar-refractivity contribution is -0.870. The Morgan fingerprint density at radius 3 is 2.33 bits per heavy atom. The number of likely N-dealkylation sites (N-methyl/N-ethyl adjacent to an activating group) is 1. The number of unbranched alkanes of at least 4 members (excludes halogenated alkanes) is 2. The lowest BCUT2D eigenvalue weighted by Gasteiger charge is -2.32. The van der Waals surface area contributed by atoms with E-state index in [1.807, 2.05) is 17.0 Å². The number of amides is 4. The number of imide groups is 1. The van der Waals surface area contributed by atoms with Gasteiger partial charge in [0.05, 0.1) is 43.6 Å². The monoisotopic (exact) mass is 871 g/mol. The molecule has 61 heavy (non-hydrogen) atoms. The highest BCUT2D eigenvalue weighted by Crippen LogP contribution is 2.39. The van der Waals surface area contributed by atoms with Crippen LogP contribution in [0.1, 0.15) is 80.3 Å². The Hall–Kier alpha value is -5.05. The molecule has 332 valence electrons. The van der Waals surface area contributed by atoms with Crippen LogP contribution in [0.5, 0.6) is 0 Å². The number of aromatic nitrogens is 1. The van der Waals surface area contributed by atoms with Crippen LogP contribution in [-0.4, -0.2) is 145 Å². The number of fused-ring (bicyclic) bond motifs is 2. The predicted molar refractivity (Wildman–Crippen MR) is 223 cm³/mol. The molecule has 3 aliphatic heterocycles. The molecule has 3 aliphatic rings. The van der Waals surface area contributed by atoms with E-state index in [4.69, 9.17) is 4.84 Å². The summed E-state index contributed by atoms with van der Waals surface area (Å²) in [7, 11) is 3.07. The molecule has 2 aromatic rings. The van der Waals surface area contributed by atoms with Crippen LogP contribution in [0.2, 0.25) is 0 Å². The number of nitrogens with zero attached hydrogens (tertiary/aromatic N) is 5. The number of hydroxylamine groups is 2. The number of carbonyl (C=O) groups excluding carboxylic acids is 5. The summed E-state index contributed by atoms with van der Waals surface area (Å²) in [6.07, 6.45) is 6.30. The van der Waals surface area contributed by atoms with E-state index in [1.165, 1.54) is 0 Å². The summed E-state index contributed by atoms with van der Waals surface area (Å²) >= 11 is 0. The maximum atomic E-state index is 17.0. The number of halogens is 2. The number of carbonyl (C=O) groups is 5. The minimum absolute atomic E-state index is 0.0137. The molecule has 1 unspecified atom stereocenters. The Kier molecular flexibility index (Phi) is 15.2. The molecular weight excluding hydrogens is 815 g/mol. The van der Waals surface area contributed by atoms with E-state index in [2.05, 4.69) is 31.8 Å². The van der Waals surface area contributed by atoms with E-state index in [9.17, 15) is 36.9 Å². The van der Waals surface area contributed by atoms with Crippen LogP contribution in [0.3, 0.4) is 0 Å². The molecule has 1 aromatic heterocycles. The van der Waals surface area contributed by atoms with Gasteiger partial charge in [-0.25, -0.2) is 13.2 Å². The first-order chi connectivity index (χ1) is 28.6. The van der Waals surface area contributed by atoms with Crippen molar-refractivity contribution in [2.75, 3.05) is 60.1 Å². The first-order valence-corrected chi connectivity index (χ1v) is 22.2. The number of benzene rings is 1. The van der Waals surface area contributed by atoms with E-state index in [0.29, 0.717) is 72.1 Å². The summed E-state index contributed by atoms with van der Waals surface area (Å²) in [6, 6.07) is 8.90. The Morgan fingerprint density at radius 2 is 1.67 bits per heavy atom. The fourth-order valence-electron chi connectivity index (χ4n) is 7.72. The van der Waals surface area contributed by atoms with Gasteiger partial charge >= 0.3 is 12.9 Å². The SMILES string of the molecule is Cc1cc(CCC(=O)NC(CS(=O)(=O)[O-])C(=O)NCCN(C)CCCCCC(=O)ON2C(=O)CCC2=O)n2c1C=C1C(CCC[N+](C)(C)C)=CC(c3ccccc3)=[N+]1[B-]2(F)F. The number of allylic oxidation sites excluding steroid dienone is 2. The average molecular weight is 872 g/mol. The van der Waals surface area contributed by atoms with Gasteiger partial charge in [0.2, 0.25) is 11.8 Å². The molecule has 1 fully saturated rings. The van der Waals surface area contributed by atoms with E-state index in [-0.39, 0.29) is 44.3 Å². The molecule has 20 heteroatoms. The molecule has 2 N–H and O–H groups in total. The highest BCUT2D eigenvalue weighted by atomic mass is 32.2. The topological polar surface area (TPSA) is 190 Å². The van der Waals surface area contributed by atoms with Crippen molar-refractivity contribution < 1.29 is 59.4 Å². The van der Waals surface area contributed by atoms with Crippen LogP contribution in [0, 0.1) is 6.92 Å². The maximum absolute atomic E-state index is 17.0. The predicted octanol–water partition coefficient (Wildman–Crippen LogP) is 2.48. The highest BCUT2D eigenvalue weighted by Gasteiger charge is 2.54. The zero-order valence-electron chi connectivity index (χ0n) is 35.5. The molecule has 5 rings (SSSR count). The lowest BCUT2D eigenvalue weighted by atomic mass is 9.88.